The third-order valence-electron chi connectivity index (χ3n) is 2.59. The van der Waals surface area contributed by atoms with Crippen LogP contribution in [0.25, 0.3) is 0 Å². The van der Waals surface area contributed by atoms with Gasteiger partial charge in [0.1, 0.15) is 5.82 Å². The second-order valence-electron chi connectivity index (χ2n) is 4.01. The lowest BCUT2D eigenvalue weighted by molar-refractivity contribution is 0.102. The molecule has 2 aromatic rings. The van der Waals surface area contributed by atoms with Gasteiger partial charge in [0, 0.05) is 5.56 Å². The van der Waals surface area contributed by atoms with Crippen LogP contribution in [-0.4, -0.2) is 5.91 Å². The summed E-state index contributed by atoms with van der Waals surface area (Å²) in [7, 11) is 0. The van der Waals surface area contributed by atoms with Crippen molar-refractivity contribution < 1.29 is 22.4 Å². The second-order valence-corrected chi connectivity index (χ2v) is 4.01. The van der Waals surface area contributed by atoms with E-state index in [0.717, 1.165) is 12.1 Å². The van der Waals surface area contributed by atoms with Gasteiger partial charge >= 0.3 is 0 Å². The predicted octanol–water partition coefficient (Wildman–Crippen LogP) is 3.37. The van der Waals surface area contributed by atoms with Gasteiger partial charge in [-0.2, -0.15) is 5.26 Å². The molecule has 2 aromatic carbocycles. The van der Waals surface area contributed by atoms with Crippen molar-refractivity contribution in [3.63, 3.8) is 0 Å². The number of carbonyl (C=O) groups excluding carboxylic acids is 1. The van der Waals surface area contributed by atoms with Crippen LogP contribution in [0.5, 0.6) is 0 Å². The van der Waals surface area contributed by atoms with Crippen LogP contribution >= 0.6 is 0 Å². The van der Waals surface area contributed by atoms with Crippen molar-refractivity contribution in [3.05, 3.63) is 64.7 Å². The number of carbonyl (C=O) groups is 1. The van der Waals surface area contributed by atoms with Gasteiger partial charge in [0.05, 0.1) is 17.3 Å². The smallest absolute Gasteiger partial charge is 0.255 e. The molecule has 1 amide bonds. The molecule has 0 saturated carbocycles. The first kappa shape index (κ1) is 14.5. The molecule has 0 heterocycles. The zero-order chi connectivity index (χ0) is 15.6. The van der Waals surface area contributed by atoms with Crippen LogP contribution in [0.15, 0.2) is 30.3 Å². The van der Waals surface area contributed by atoms with Crippen LogP contribution in [-0.2, 0) is 0 Å². The monoisotopic (exact) mass is 294 g/mol. The molecule has 0 aliphatic carbocycles. The summed E-state index contributed by atoms with van der Waals surface area (Å²) in [6.45, 7) is 0. The molecule has 0 fully saturated rings. The number of hydrogen-bond donors (Lipinski definition) is 1. The number of nitriles is 1. The molecule has 7 heteroatoms. The lowest BCUT2D eigenvalue weighted by Crippen LogP contribution is -2.14. The number of rotatable bonds is 2. The average Bonchev–Trinajstić information content (AvgIpc) is 2.46. The van der Waals surface area contributed by atoms with Gasteiger partial charge in [-0.05, 0) is 30.3 Å². The third-order valence-corrected chi connectivity index (χ3v) is 2.59. The van der Waals surface area contributed by atoms with Crippen molar-refractivity contribution in [1.82, 2.24) is 0 Å². The van der Waals surface area contributed by atoms with Crippen LogP contribution in [0.2, 0.25) is 0 Å². The van der Waals surface area contributed by atoms with E-state index < -0.39 is 34.7 Å². The first-order chi connectivity index (χ1) is 9.92. The van der Waals surface area contributed by atoms with Crippen molar-refractivity contribution in [3.8, 4) is 6.07 Å². The van der Waals surface area contributed by atoms with Crippen molar-refractivity contribution >= 4 is 11.6 Å². The molecule has 0 aromatic heterocycles. The molecular formula is C14H6F4N2O. The molecule has 106 valence electrons. The Labute approximate surface area is 116 Å². The van der Waals surface area contributed by atoms with Crippen LogP contribution in [0.3, 0.4) is 0 Å². The second kappa shape index (κ2) is 5.63. The van der Waals surface area contributed by atoms with E-state index in [-0.39, 0.29) is 11.3 Å². The van der Waals surface area contributed by atoms with E-state index in [1.54, 1.807) is 6.07 Å². The zero-order valence-corrected chi connectivity index (χ0v) is 10.3. The van der Waals surface area contributed by atoms with Crippen LogP contribution in [0, 0.1) is 34.6 Å². The molecule has 0 aliphatic heterocycles. The largest absolute Gasteiger partial charge is 0.319 e. The number of hydrogen-bond acceptors (Lipinski definition) is 2. The predicted molar refractivity (Wildman–Crippen MR) is 65.4 cm³/mol. The first-order valence-electron chi connectivity index (χ1n) is 5.58. The van der Waals surface area contributed by atoms with Gasteiger partial charge in [-0.3, -0.25) is 4.79 Å². The highest BCUT2D eigenvalue weighted by molar-refractivity contribution is 6.04. The van der Waals surface area contributed by atoms with Crippen LogP contribution in [0.1, 0.15) is 15.9 Å². The summed E-state index contributed by atoms with van der Waals surface area (Å²) >= 11 is 0. The van der Waals surface area contributed by atoms with E-state index in [4.69, 9.17) is 5.26 Å². The Hall–Kier alpha value is -2.88. The van der Waals surface area contributed by atoms with Gasteiger partial charge in [0.2, 0.25) is 0 Å². The Bertz CT molecular complexity index is 745. The molecule has 0 atom stereocenters. The fraction of sp³-hybridized carbons (Fsp3) is 0. The maximum absolute atomic E-state index is 13.6. The Morgan fingerprint density at radius 2 is 1.62 bits per heavy atom. The number of nitrogens with one attached hydrogen (secondary N) is 1. The van der Waals surface area contributed by atoms with Crippen molar-refractivity contribution in [2.45, 2.75) is 0 Å². The standard InChI is InChI=1S/C14H6F4N2O/c15-9-3-7(6-19)1-2-12(9)20-14(21)8-4-10(16)13(18)11(17)5-8/h1-5H,(H,20,21). The Morgan fingerprint density at radius 1 is 1.00 bits per heavy atom. The van der Waals surface area contributed by atoms with Crippen LogP contribution in [0.4, 0.5) is 23.2 Å². The van der Waals surface area contributed by atoms with E-state index in [9.17, 15) is 22.4 Å². The number of nitrogens with zero attached hydrogens (tertiary/aromatic N) is 1. The summed E-state index contributed by atoms with van der Waals surface area (Å²) in [5.74, 6) is -6.65. The van der Waals surface area contributed by atoms with E-state index in [1.165, 1.54) is 6.07 Å². The van der Waals surface area contributed by atoms with Gasteiger partial charge in [-0.25, -0.2) is 17.6 Å². The summed E-state index contributed by atoms with van der Waals surface area (Å²) in [6, 6.07) is 5.97. The van der Waals surface area contributed by atoms with Gasteiger partial charge in [0.25, 0.3) is 5.91 Å². The number of amides is 1. The summed E-state index contributed by atoms with van der Waals surface area (Å²) in [5, 5.41) is 10.6. The summed E-state index contributed by atoms with van der Waals surface area (Å²) in [6.07, 6.45) is 0. The highest BCUT2D eigenvalue weighted by Gasteiger charge is 2.16. The third kappa shape index (κ3) is 3.00. The lowest BCUT2D eigenvalue weighted by atomic mass is 10.1. The molecule has 21 heavy (non-hydrogen) atoms. The first-order valence-corrected chi connectivity index (χ1v) is 5.58. The number of benzene rings is 2. The molecule has 3 nitrogen and oxygen atoms in total. The normalized spacial score (nSPS) is 10.0. The molecule has 2 rings (SSSR count). The van der Waals surface area contributed by atoms with Gasteiger partial charge in [0.15, 0.2) is 17.5 Å². The summed E-state index contributed by atoms with van der Waals surface area (Å²) in [4.78, 5) is 11.7. The van der Waals surface area contributed by atoms with Gasteiger partial charge in [-0.1, -0.05) is 0 Å². The highest BCUT2D eigenvalue weighted by Crippen LogP contribution is 2.18. The summed E-state index contributed by atoms with van der Waals surface area (Å²) < 4.78 is 52.4. The zero-order valence-electron chi connectivity index (χ0n) is 10.3. The molecule has 1 N–H and O–H groups in total. The van der Waals surface area contributed by atoms with Crippen molar-refractivity contribution in [1.29, 1.82) is 5.26 Å². The number of anilines is 1. The molecule has 0 spiro atoms. The minimum atomic E-state index is -1.70. The highest BCUT2D eigenvalue weighted by atomic mass is 19.2. The minimum absolute atomic E-state index is 0.0457. The van der Waals surface area contributed by atoms with E-state index >= 15 is 0 Å². The maximum Gasteiger partial charge on any atom is 0.255 e. The fourth-order valence-corrected chi connectivity index (χ4v) is 1.57. The molecule has 0 aliphatic rings. The SMILES string of the molecule is N#Cc1ccc(NC(=O)c2cc(F)c(F)c(F)c2)c(F)c1. The van der Waals surface area contributed by atoms with E-state index in [2.05, 4.69) is 5.32 Å². The fourth-order valence-electron chi connectivity index (χ4n) is 1.57. The lowest BCUT2D eigenvalue weighted by Gasteiger charge is -2.07. The van der Waals surface area contributed by atoms with E-state index in [1.807, 2.05) is 0 Å². The molecule has 0 saturated heterocycles. The molecular weight excluding hydrogens is 288 g/mol. The van der Waals surface area contributed by atoms with Crippen molar-refractivity contribution in [2.75, 3.05) is 5.32 Å². The maximum atomic E-state index is 13.6. The minimum Gasteiger partial charge on any atom is -0.319 e. The van der Waals surface area contributed by atoms with Gasteiger partial charge in [-0.15, -0.1) is 0 Å². The quantitative estimate of drug-likeness (QED) is 0.682. The summed E-state index contributed by atoms with van der Waals surface area (Å²) in [5.41, 5.74) is -0.733. The van der Waals surface area contributed by atoms with Crippen LogP contribution < -0.4 is 5.32 Å². The Kier molecular flexibility index (Phi) is 3.89. The number of halogens is 4. The Balaban J connectivity index is 2.28. The molecule has 0 unspecified atom stereocenters. The molecule has 0 bridgehead atoms. The van der Waals surface area contributed by atoms with E-state index in [0.29, 0.717) is 12.1 Å². The van der Waals surface area contributed by atoms with Gasteiger partial charge < -0.3 is 5.32 Å². The Morgan fingerprint density at radius 3 is 2.14 bits per heavy atom. The average molecular weight is 294 g/mol. The topological polar surface area (TPSA) is 52.9 Å². The molecule has 0 radical (unpaired) electrons. The van der Waals surface area contributed by atoms with Crippen molar-refractivity contribution in [2.24, 2.45) is 0 Å².